The van der Waals surface area contributed by atoms with E-state index < -0.39 is 35.3 Å². The van der Waals surface area contributed by atoms with Crippen molar-refractivity contribution < 1.29 is 32.9 Å². The topological polar surface area (TPSA) is 108 Å². The van der Waals surface area contributed by atoms with Gasteiger partial charge >= 0.3 is 12.3 Å². The van der Waals surface area contributed by atoms with Crippen LogP contribution in [0.4, 0.5) is 23.8 Å². The Morgan fingerprint density at radius 2 is 1.86 bits per heavy atom. The van der Waals surface area contributed by atoms with Crippen LogP contribution >= 0.6 is 0 Å². The zero-order valence-electron chi connectivity index (χ0n) is 20.5. The van der Waals surface area contributed by atoms with Crippen molar-refractivity contribution in [2.24, 2.45) is 0 Å². The van der Waals surface area contributed by atoms with E-state index in [1.165, 1.54) is 4.90 Å². The molecule has 2 aromatic rings. The second kappa shape index (κ2) is 9.76. The molecule has 1 aliphatic carbocycles. The Morgan fingerprint density at radius 3 is 2.50 bits per heavy atom. The molecule has 3 N–H and O–H groups in total. The van der Waals surface area contributed by atoms with E-state index >= 15 is 0 Å². The van der Waals surface area contributed by atoms with Crippen LogP contribution in [0, 0.1) is 0 Å². The highest BCUT2D eigenvalue weighted by atomic mass is 19.4. The fourth-order valence-corrected chi connectivity index (χ4v) is 4.64. The maximum absolute atomic E-state index is 13.1. The van der Waals surface area contributed by atoms with Crippen LogP contribution < -0.4 is 5.32 Å². The molecule has 36 heavy (non-hydrogen) atoms. The number of alkyl halides is 3. The van der Waals surface area contributed by atoms with E-state index in [9.17, 15) is 28.2 Å². The average Bonchev–Trinajstić information content (AvgIpc) is 2.79. The van der Waals surface area contributed by atoms with Gasteiger partial charge in [-0.25, -0.2) is 4.79 Å². The molecule has 2 aliphatic rings. The molecular formula is C25H31F3N4O4. The number of halogens is 3. The van der Waals surface area contributed by atoms with Gasteiger partial charge in [0.2, 0.25) is 0 Å². The van der Waals surface area contributed by atoms with Gasteiger partial charge in [0.1, 0.15) is 17.0 Å². The molecule has 1 saturated carbocycles. The number of fused-ring (bicyclic) bond motifs is 1. The summed E-state index contributed by atoms with van der Waals surface area (Å²) in [5.41, 5.74) is -0.0969. The normalized spacial score (nSPS) is 20.6. The lowest BCUT2D eigenvalue weighted by Crippen LogP contribution is -2.41. The van der Waals surface area contributed by atoms with Gasteiger partial charge in [-0.15, -0.1) is 10.2 Å². The average molecular weight is 509 g/mol. The van der Waals surface area contributed by atoms with Crippen molar-refractivity contribution in [3.05, 3.63) is 34.9 Å². The lowest BCUT2D eigenvalue weighted by Gasteiger charge is -2.34. The van der Waals surface area contributed by atoms with Crippen molar-refractivity contribution in [1.29, 1.82) is 0 Å². The van der Waals surface area contributed by atoms with Crippen molar-refractivity contribution >= 4 is 11.9 Å². The molecule has 8 nitrogen and oxygen atoms in total. The smallest absolute Gasteiger partial charge is 0.416 e. The number of carbonyl (C=O) groups is 1. The van der Waals surface area contributed by atoms with Crippen LogP contribution in [0.2, 0.25) is 0 Å². The third kappa shape index (κ3) is 5.66. The predicted molar refractivity (Wildman–Crippen MR) is 126 cm³/mol. The number of ether oxygens (including phenoxy) is 1. The van der Waals surface area contributed by atoms with Crippen LogP contribution in [0.1, 0.15) is 63.1 Å². The maximum Gasteiger partial charge on any atom is 0.416 e. The summed E-state index contributed by atoms with van der Waals surface area (Å²) in [6.07, 6.45) is -1.91. The molecular weight excluding hydrogens is 477 g/mol. The van der Waals surface area contributed by atoms with Gasteiger partial charge in [-0.05, 0) is 58.2 Å². The van der Waals surface area contributed by atoms with Gasteiger partial charge in [-0.1, -0.05) is 12.8 Å². The number of rotatable bonds is 3. The molecule has 11 heteroatoms. The second-order valence-corrected chi connectivity index (χ2v) is 10.3. The molecule has 1 aromatic heterocycles. The van der Waals surface area contributed by atoms with E-state index in [1.807, 2.05) is 0 Å². The van der Waals surface area contributed by atoms with Gasteiger partial charge in [0.25, 0.3) is 0 Å². The highest BCUT2D eigenvalue weighted by Gasteiger charge is 2.34. The van der Waals surface area contributed by atoms with Gasteiger partial charge < -0.3 is 25.2 Å². The van der Waals surface area contributed by atoms with Crippen LogP contribution in [0.15, 0.2) is 18.2 Å². The summed E-state index contributed by atoms with van der Waals surface area (Å²) >= 11 is 0. The first-order valence-corrected chi connectivity index (χ1v) is 12.0. The van der Waals surface area contributed by atoms with Crippen LogP contribution in [0.5, 0.6) is 5.75 Å². The Morgan fingerprint density at radius 1 is 1.14 bits per heavy atom. The van der Waals surface area contributed by atoms with E-state index in [4.69, 9.17) is 4.74 Å². The first-order chi connectivity index (χ1) is 16.8. The van der Waals surface area contributed by atoms with Gasteiger partial charge in [-0.3, -0.25) is 0 Å². The van der Waals surface area contributed by atoms with Gasteiger partial charge in [-0.2, -0.15) is 13.2 Å². The molecule has 1 fully saturated rings. The molecule has 1 aliphatic heterocycles. The molecule has 0 bridgehead atoms. The summed E-state index contributed by atoms with van der Waals surface area (Å²) in [5.74, 6) is -0.117. The van der Waals surface area contributed by atoms with Crippen molar-refractivity contribution in [2.45, 2.75) is 83.3 Å². The number of hydrogen-bond donors (Lipinski definition) is 3. The molecule has 0 saturated heterocycles. The van der Waals surface area contributed by atoms with Gasteiger partial charge in [0.05, 0.1) is 24.3 Å². The number of phenolic OH excluding ortho intramolecular Hbond substituents is 1. The standard InChI is InChI=1S/C25H31F3N4O4/c1-24(2,3)36-23(35)32-11-10-15-17(13-32)21(16-9-8-14(12-20(16)34)25(26,27)28)30-31-22(15)29-18-6-4-5-7-19(18)33/h8-9,12,18-19,33-34H,4-7,10-11,13H2,1-3H3,(H,29,31)/t18-,19-/m1/s1. The monoisotopic (exact) mass is 508 g/mol. The number of nitrogens with zero attached hydrogens (tertiary/aromatic N) is 3. The van der Waals surface area contributed by atoms with Crippen molar-refractivity contribution in [2.75, 3.05) is 11.9 Å². The second-order valence-electron chi connectivity index (χ2n) is 10.3. The van der Waals surface area contributed by atoms with Crippen LogP contribution in [-0.4, -0.2) is 55.7 Å². The molecule has 2 heterocycles. The highest BCUT2D eigenvalue weighted by Crippen LogP contribution is 2.40. The number of aromatic hydroxyl groups is 1. The summed E-state index contributed by atoms with van der Waals surface area (Å²) in [5, 5.41) is 32.7. The maximum atomic E-state index is 13.1. The highest BCUT2D eigenvalue weighted by molar-refractivity contribution is 5.75. The van der Waals surface area contributed by atoms with Crippen molar-refractivity contribution in [3.63, 3.8) is 0 Å². The zero-order valence-corrected chi connectivity index (χ0v) is 20.5. The Kier molecular flexibility index (Phi) is 7.05. The number of hydrogen-bond acceptors (Lipinski definition) is 7. The minimum absolute atomic E-state index is 0.0808. The fraction of sp³-hybridized carbons (Fsp3) is 0.560. The predicted octanol–water partition coefficient (Wildman–Crippen LogP) is 4.88. The SMILES string of the molecule is CC(C)(C)OC(=O)N1CCc2c(N[C@@H]3CCCC[C@H]3O)nnc(-c3ccc(C(F)(F)F)cc3O)c2C1. The number of carbonyl (C=O) groups excluding carboxylic acids is 1. The van der Waals surface area contributed by atoms with Crippen molar-refractivity contribution in [3.8, 4) is 17.0 Å². The quantitative estimate of drug-likeness (QED) is 0.543. The van der Waals surface area contributed by atoms with Crippen LogP contribution in [0.25, 0.3) is 11.3 Å². The van der Waals surface area contributed by atoms with E-state index in [1.54, 1.807) is 20.8 Å². The van der Waals surface area contributed by atoms with Crippen LogP contribution in [-0.2, 0) is 23.9 Å². The first kappa shape index (κ1) is 26.0. The molecule has 2 atom stereocenters. The molecule has 0 radical (unpaired) electrons. The van der Waals surface area contributed by atoms with Gasteiger partial charge in [0.15, 0.2) is 5.82 Å². The minimum atomic E-state index is -4.61. The Labute approximate surface area is 207 Å². The molecule has 1 amide bonds. The number of aliphatic hydroxyl groups excluding tert-OH is 1. The largest absolute Gasteiger partial charge is 0.507 e. The molecule has 0 unspecified atom stereocenters. The number of aliphatic hydroxyl groups is 1. The number of aromatic nitrogens is 2. The number of phenols is 1. The third-order valence-corrected chi connectivity index (χ3v) is 6.45. The lowest BCUT2D eigenvalue weighted by molar-refractivity contribution is -0.137. The molecule has 196 valence electrons. The Hall–Kier alpha value is -3.08. The zero-order chi connectivity index (χ0) is 26.3. The number of benzene rings is 1. The fourth-order valence-electron chi connectivity index (χ4n) is 4.64. The molecule has 0 spiro atoms. The summed E-state index contributed by atoms with van der Waals surface area (Å²) in [7, 11) is 0. The number of nitrogens with one attached hydrogen (secondary N) is 1. The van der Waals surface area contributed by atoms with E-state index in [2.05, 4.69) is 15.5 Å². The minimum Gasteiger partial charge on any atom is -0.507 e. The summed E-state index contributed by atoms with van der Waals surface area (Å²) < 4.78 is 44.9. The van der Waals surface area contributed by atoms with E-state index in [0.717, 1.165) is 37.0 Å². The van der Waals surface area contributed by atoms with E-state index in [0.29, 0.717) is 36.8 Å². The number of amides is 1. The summed E-state index contributed by atoms with van der Waals surface area (Å²) in [6, 6.07) is 2.49. The lowest BCUT2D eigenvalue weighted by atomic mass is 9.91. The van der Waals surface area contributed by atoms with Crippen molar-refractivity contribution in [1.82, 2.24) is 15.1 Å². The van der Waals surface area contributed by atoms with E-state index in [-0.39, 0.29) is 23.8 Å². The molecule has 1 aromatic carbocycles. The summed E-state index contributed by atoms with van der Waals surface area (Å²) in [4.78, 5) is 14.3. The summed E-state index contributed by atoms with van der Waals surface area (Å²) in [6.45, 7) is 5.71. The Balaban J connectivity index is 1.74. The number of anilines is 1. The first-order valence-electron chi connectivity index (χ1n) is 12.0. The third-order valence-electron chi connectivity index (χ3n) is 6.45. The molecule has 4 rings (SSSR count). The Bertz CT molecular complexity index is 1130. The van der Waals surface area contributed by atoms with Crippen LogP contribution in [0.3, 0.4) is 0 Å². The van der Waals surface area contributed by atoms with Gasteiger partial charge in [0, 0.05) is 23.2 Å².